The van der Waals surface area contributed by atoms with Crippen LogP contribution in [0.4, 0.5) is 5.69 Å². The molecule has 2 rings (SSSR count). The van der Waals surface area contributed by atoms with E-state index in [1.165, 1.54) is 0 Å². The first kappa shape index (κ1) is 14.3. The predicted octanol–water partition coefficient (Wildman–Crippen LogP) is 1.70. The summed E-state index contributed by atoms with van der Waals surface area (Å²) in [5.74, 6) is -0.150. The highest BCUT2D eigenvalue weighted by Crippen LogP contribution is 2.21. The summed E-state index contributed by atoms with van der Waals surface area (Å²) in [6.45, 7) is 4.02. The van der Waals surface area contributed by atoms with Crippen LogP contribution in [-0.2, 0) is 11.8 Å². The van der Waals surface area contributed by atoms with Gasteiger partial charge in [-0.3, -0.25) is 9.48 Å². The third-order valence-corrected chi connectivity index (χ3v) is 3.27. The number of likely N-dealkylation sites (N-methyl/N-ethyl adjacent to an activating group) is 1. The molecule has 1 amide bonds. The van der Waals surface area contributed by atoms with Crippen molar-refractivity contribution in [3.63, 3.8) is 0 Å². The molecule has 1 aromatic carbocycles. The quantitative estimate of drug-likeness (QED) is 0.925. The van der Waals surface area contributed by atoms with Crippen LogP contribution in [0.25, 0.3) is 0 Å². The van der Waals surface area contributed by atoms with Crippen LogP contribution in [0.5, 0.6) is 0 Å². The highest BCUT2D eigenvalue weighted by atomic mass is 16.2. The average Bonchev–Trinajstić information content (AvgIpc) is 2.81. The Bertz CT molecular complexity index is 612. The van der Waals surface area contributed by atoms with E-state index >= 15 is 0 Å². The van der Waals surface area contributed by atoms with Gasteiger partial charge < -0.3 is 10.6 Å². The summed E-state index contributed by atoms with van der Waals surface area (Å²) < 4.78 is 1.64. The van der Waals surface area contributed by atoms with E-state index in [-0.39, 0.29) is 5.91 Å². The molecule has 0 aliphatic heterocycles. The Labute approximate surface area is 119 Å². The zero-order valence-electron chi connectivity index (χ0n) is 12.3. The summed E-state index contributed by atoms with van der Waals surface area (Å²) in [5.41, 5.74) is 9.83. The first-order valence-electron chi connectivity index (χ1n) is 6.48. The number of aryl methyl sites for hydroxylation is 3. The molecule has 0 saturated carbocycles. The van der Waals surface area contributed by atoms with Gasteiger partial charge in [0.05, 0.1) is 6.20 Å². The zero-order valence-corrected chi connectivity index (χ0v) is 12.3. The van der Waals surface area contributed by atoms with Crippen LogP contribution in [0.3, 0.4) is 0 Å². The molecule has 0 bridgehead atoms. The second kappa shape index (κ2) is 5.46. The number of hydrogen-bond acceptors (Lipinski definition) is 3. The number of nitrogens with two attached hydrogens (primary N) is 1. The summed E-state index contributed by atoms with van der Waals surface area (Å²) in [7, 11) is 3.54. The van der Waals surface area contributed by atoms with Gasteiger partial charge in [-0.15, -0.1) is 0 Å². The van der Waals surface area contributed by atoms with Gasteiger partial charge in [-0.2, -0.15) is 5.10 Å². The minimum absolute atomic E-state index is 0.150. The van der Waals surface area contributed by atoms with Gasteiger partial charge >= 0.3 is 0 Å². The van der Waals surface area contributed by atoms with Crippen LogP contribution < -0.4 is 10.6 Å². The summed E-state index contributed by atoms with van der Waals surface area (Å²) in [6, 6.07) is 5.32. The molecule has 2 N–H and O–H groups in total. The van der Waals surface area contributed by atoms with Crippen molar-refractivity contribution in [3.05, 3.63) is 47.3 Å². The summed E-state index contributed by atoms with van der Waals surface area (Å²) in [5, 5.41) is 4.05. The van der Waals surface area contributed by atoms with Gasteiger partial charge in [0.25, 0.3) is 0 Å². The molecule has 5 heteroatoms. The van der Waals surface area contributed by atoms with Crippen molar-refractivity contribution in [2.45, 2.75) is 19.9 Å². The van der Waals surface area contributed by atoms with E-state index in [0.29, 0.717) is 5.56 Å². The van der Waals surface area contributed by atoms with Gasteiger partial charge in [0.15, 0.2) is 0 Å². The minimum Gasteiger partial charge on any atom is -0.316 e. The molecule has 5 nitrogen and oxygen atoms in total. The topological polar surface area (TPSA) is 64.2 Å². The summed E-state index contributed by atoms with van der Waals surface area (Å²) in [4.78, 5) is 14.0. The van der Waals surface area contributed by atoms with Crippen LogP contribution in [0.1, 0.15) is 22.7 Å². The fourth-order valence-electron chi connectivity index (χ4n) is 2.22. The molecule has 0 fully saturated rings. The fourth-order valence-corrected chi connectivity index (χ4v) is 2.22. The largest absolute Gasteiger partial charge is 0.316 e. The number of benzene rings is 1. The highest BCUT2D eigenvalue weighted by molar-refractivity contribution is 5.97. The maximum Gasteiger partial charge on any atom is 0.248 e. The number of anilines is 1. The average molecular weight is 272 g/mol. The molecule has 1 heterocycles. The molecule has 0 aliphatic rings. The summed E-state index contributed by atoms with van der Waals surface area (Å²) >= 11 is 0. The monoisotopic (exact) mass is 272 g/mol. The number of carbonyl (C=O) groups excluding carboxylic acids is 1. The SMILES string of the molecule is Cc1cc(C)cc(N(C)C(=O)C(N)c2cnn(C)c2)c1. The number of aromatic nitrogens is 2. The van der Waals surface area contributed by atoms with Crippen LogP contribution in [0.2, 0.25) is 0 Å². The molecule has 20 heavy (non-hydrogen) atoms. The molecule has 0 radical (unpaired) electrons. The molecule has 106 valence electrons. The van der Waals surface area contributed by atoms with Gasteiger partial charge in [-0.05, 0) is 37.1 Å². The molecular formula is C15H20N4O. The first-order chi connectivity index (χ1) is 9.38. The summed E-state index contributed by atoms with van der Waals surface area (Å²) in [6.07, 6.45) is 3.38. The molecule has 0 spiro atoms. The Morgan fingerprint density at radius 1 is 1.30 bits per heavy atom. The van der Waals surface area contributed by atoms with Crippen molar-refractivity contribution in [1.29, 1.82) is 0 Å². The number of nitrogens with zero attached hydrogens (tertiary/aromatic N) is 3. The van der Waals surface area contributed by atoms with Crippen molar-refractivity contribution in [1.82, 2.24) is 9.78 Å². The maximum atomic E-state index is 12.4. The van der Waals surface area contributed by atoms with E-state index in [9.17, 15) is 4.79 Å². The van der Waals surface area contributed by atoms with Crippen LogP contribution in [0, 0.1) is 13.8 Å². The molecule has 0 aliphatic carbocycles. The normalized spacial score (nSPS) is 12.2. The van der Waals surface area contributed by atoms with Gasteiger partial charge in [0.1, 0.15) is 6.04 Å². The van der Waals surface area contributed by atoms with Gasteiger partial charge in [-0.25, -0.2) is 0 Å². The molecule has 1 atom stereocenters. The van der Waals surface area contributed by atoms with Crippen LogP contribution >= 0.6 is 0 Å². The van der Waals surface area contributed by atoms with E-state index in [1.807, 2.05) is 26.0 Å². The van der Waals surface area contributed by atoms with Gasteiger partial charge in [0, 0.05) is 31.5 Å². The number of carbonyl (C=O) groups is 1. The molecule has 1 unspecified atom stereocenters. The van der Waals surface area contributed by atoms with E-state index < -0.39 is 6.04 Å². The van der Waals surface area contributed by atoms with Crippen molar-refractivity contribution < 1.29 is 4.79 Å². The lowest BCUT2D eigenvalue weighted by atomic mass is 10.1. The van der Waals surface area contributed by atoms with Crippen LogP contribution in [-0.4, -0.2) is 22.7 Å². The van der Waals surface area contributed by atoms with Crippen LogP contribution in [0.15, 0.2) is 30.6 Å². The van der Waals surface area contributed by atoms with Gasteiger partial charge in [-0.1, -0.05) is 6.07 Å². The van der Waals surface area contributed by atoms with Crippen molar-refractivity contribution in [2.75, 3.05) is 11.9 Å². The minimum atomic E-state index is -0.700. The van der Waals surface area contributed by atoms with E-state index in [2.05, 4.69) is 11.2 Å². The lowest BCUT2D eigenvalue weighted by Crippen LogP contribution is -2.35. The second-order valence-electron chi connectivity index (χ2n) is 5.17. The zero-order chi connectivity index (χ0) is 14.9. The predicted molar refractivity (Wildman–Crippen MR) is 79.5 cm³/mol. The smallest absolute Gasteiger partial charge is 0.248 e. The Morgan fingerprint density at radius 2 is 1.90 bits per heavy atom. The van der Waals surface area contributed by atoms with Crippen molar-refractivity contribution in [3.8, 4) is 0 Å². The second-order valence-corrected chi connectivity index (χ2v) is 5.17. The van der Waals surface area contributed by atoms with Gasteiger partial charge in [0.2, 0.25) is 5.91 Å². The Kier molecular flexibility index (Phi) is 3.90. The molecule has 1 aromatic heterocycles. The lowest BCUT2D eigenvalue weighted by molar-refractivity contribution is -0.119. The number of amides is 1. The third-order valence-electron chi connectivity index (χ3n) is 3.27. The fraction of sp³-hybridized carbons (Fsp3) is 0.333. The maximum absolute atomic E-state index is 12.4. The molecular weight excluding hydrogens is 252 g/mol. The van der Waals surface area contributed by atoms with Crippen molar-refractivity contribution in [2.24, 2.45) is 12.8 Å². The number of hydrogen-bond donors (Lipinski definition) is 1. The highest BCUT2D eigenvalue weighted by Gasteiger charge is 2.22. The number of rotatable bonds is 3. The Balaban J connectivity index is 2.23. The van der Waals surface area contributed by atoms with E-state index in [4.69, 9.17) is 5.73 Å². The van der Waals surface area contributed by atoms with E-state index in [0.717, 1.165) is 16.8 Å². The lowest BCUT2D eigenvalue weighted by Gasteiger charge is -2.21. The Morgan fingerprint density at radius 3 is 2.40 bits per heavy atom. The molecule has 0 saturated heterocycles. The standard InChI is InChI=1S/C15H20N4O/c1-10-5-11(2)7-13(6-10)19(4)15(20)14(16)12-8-17-18(3)9-12/h5-9,14H,16H2,1-4H3. The first-order valence-corrected chi connectivity index (χ1v) is 6.48. The van der Waals surface area contributed by atoms with Crippen molar-refractivity contribution >= 4 is 11.6 Å². The molecule has 2 aromatic rings. The third kappa shape index (κ3) is 2.88. The van der Waals surface area contributed by atoms with E-state index in [1.54, 1.807) is 36.1 Å². The Hall–Kier alpha value is -2.14.